The van der Waals surface area contributed by atoms with Crippen LogP contribution in [0.4, 0.5) is 0 Å². The molecule has 0 aliphatic carbocycles. The van der Waals surface area contributed by atoms with E-state index in [1.54, 1.807) is 12.1 Å². The smallest absolute Gasteiger partial charge is 0.309 e. The van der Waals surface area contributed by atoms with Crippen LogP contribution >= 0.6 is 22.6 Å². The Morgan fingerprint density at radius 1 is 1.39 bits per heavy atom. The van der Waals surface area contributed by atoms with Gasteiger partial charge in [0.2, 0.25) is 10.0 Å². The summed E-state index contributed by atoms with van der Waals surface area (Å²) in [5.41, 5.74) is 5.24. The van der Waals surface area contributed by atoms with Crippen LogP contribution in [0.1, 0.15) is 0 Å². The fraction of sp³-hybridized carbons (Fsp3) is 0.300. The van der Waals surface area contributed by atoms with Crippen molar-refractivity contribution in [3.8, 4) is 0 Å². The zero-order valence-electron chi connectivity index (χ0n) is 9.34. The van der Waals surface area contributed by atoms with Crippen LogP contribution in [-0.2, 0) is 14.8 Å². The lowest BCUT2D eigenvalue weighted by Crippen LogP contribution is -2.36. The third kappa shape index (κ3) is 4.19. The highest BCUT2D eigenvalue weighted by Gasteiger charge is 2.20. The van der Waals surface area contributed by atoms with Crippen LogP contribution in [0.25, 0.3) is 0 Å². The van der Waals surface area contributed by atoms with Gasteiger partial charge in [0.25, 0.3) is 0 Å². The van der Waals surface area contributed by atoms with Crippen molar-refractivity contribution in [2.24, 2.45) is 11.7 Å². The van der Waals surface area contributed by atoms with Gasteiger partial charge in [-0.3, -0.25) is 4.79 Å². The fourth-order valence-electron chi connectivity index (χ4n) is 1.18. The summed E-state index contributed by atoms with van der Waals surface area (Å²) in [6.45, 7) is -0.343. The van der Waals surface area contributed by atoms with E-state index >= 15 is 0 Å². The van der Waals surface area contributed by atoms with Gasteiger partial charge in [-0.05, 0) is 46.9 Å². The molecule has 0 aromatic heterocycles. The molecule has 1 aromatic rings. The van der Waals surface area contributed by atoms with Gasteiger partial charge in [-0.25, -0.2) is 13.1 Å². The zero-order chi connectivity index (χ0) is 13.8. The molecule has 0 radical (unpaired) electrons. The van der Waals surface area contributed by atoms with Gasteiger partial charge in [0.15, 0.2) is 0 Å². The van der Waals surface area contributed by atoms with Crippen LogP contribution in [-0.4, -0.2) is 32.6 Å². The Kier molecular flexibility index (Phi) is 5.50. The van der Waals surface area contributed by atoms with Crippen LogP contribution in [0.5, 0.6) is 0 Å². The number of halogens is 1. The molecule has 4 N–H and O–H groups in total. The van der Waals surface area contributed by atoms with E-state index in [4.69, 9.17) is 10.8 Å². The molecule has 0 aliphatic heterocycles. The number of rotatable bonds is 6. The van der Waals surface area contributed by atoms with Crippen LogP contribution < -0.4 is 10.5 Å². The summed E-state index contributed by atoms with van der Waals surface area (Å²) in [5.74, 6) is -2.05. The van der Waals surface area contributed by atoms with Crippen LogP contribution in [0.2, 0.25) is 0 Å². The van der Waals surface area contributed by atoms with Crippen molar-refractivity contribution in [2.75, 3.05) is 13.1 Å². The molecule has 0 saturated carbocycles. The van der Waals surface area contributed by atoms with Gasteiger partial charge < -0.3 is 10.8 Å². The van der Waals surface area contributed by atoms with Crippen molar-refractivity contribution in [3.05, 3.63) is 27.8 Å². The number of sulfonamides is 1. The van der Waals surface area contributed by atoms with E-state index in [1.807, 2.05) is 0 Å². The summed E-state index contributed by atoms with van der Waals surface area (Å²) >= 11 is 2.06. The van der Waals surface area contributed by atoms with E-state index in [0.29, 0.717) is 0 Å². The molecule has 1 aromatic carbocycles. The van der Waals surface area contributed by atoms with Crippen molar-refractivity contribution in [1.29, 1.82) is 0 Å². The first-order valence-electron chi connectivity index (χ1n) is 5.05. The summed E-state index contributed by atoms with van der Waals surface area (Å²) in [6, 6.07) is 6.24. The first-order valence-corrected chi connectivity index (χ1v) is 7.61. The monoisotopic (exact) mass is 384 g/mol. The molecule has 0 unspecified atom stereocenters. The lowest BCUT2D eigenvalue weighted by molar-refractivity contribution is -0.141. The van der Waals surface area contributed by atoms with Gasteiger partial charge in [-0.15, -0.1) is 0 Å². The molecule has 100 valence electrons. The van der Waals surface area contributed by atoms with E-state index in [-0.39, 0.29) is 18.0 Å². The molecule has 0 bridgehead atoms. The maximum Gasteiger partial charge on any atom is 0.309 e. The topological polar surface area (TPSA) is 109 Å². The van der Waals surface area contributed by atoms with Crippen LogP contribution in [0.15, 0.2) is 29.2 Å². The SMILES string of the molecule is NC[C@H](CNS(=O)(=O)c1ccc(I)cc1)C(=O)O. The molecule has 0 heterocycles. The molecule has 0 fully saturated rings. The van der Waals surface area contributed by atoms with Crippen LogP contribution in [0.3, 0.4) is 0 Å². The molecular weight excluding hydrogens is 371 g/mol. The van der Waals surface area contributed by atoms with E-state index in [9.17, 15) is 13.2 Å². The Labute approximate surface area is 119 Å². The van der Waals surface area contributed by atoms with E-state index < -0.39 is 21.9 Å². The number of carboxylic acid groups (broad SMARTS) is 1. The normalized spacial score (nSPS) is 13.2. The quantitative estimate of drug-likeness (QED) is 0.609. The molecule has 0 saturated heterocycles. The molecule has 0 aliphatic rings. The average Bonchev–Trinajstić information content (AvgIpc) is 2.29. The average molecular weight is 384 g/mol. The van der Waals surface area contributed by atoms with Crippen LogP contribution in [0, 0.1) is 9.49 Å². The Morgan fingerprint density at radius 3 is 2.39 bits per heavy atom. The van der Waals surface area contributed by atoms with Crippen molar-refractivity contribution in [2.45, 2.75) is 4.90 Å². The molecule has 0 spiro atoms. The number of hydrogen-bond donors (Lipinski definition) is 3. The van der Waals surface area contributed by atoms with Gasteiger partial charge in [0.1, 0.15) is 0 Å². The van der Waals surface area contributed by atoms with Gasteiger partial charge in [-0.1, -0.05) is 0 Å². The second kappa shape index (κ2) is 6.45. The van der Waals surface area contributed by atoms with Crippen molar-refractivity contribution < 1.29 is 18.3 Å². The lowest BCUT2D eigenvalue weighted by atomic mass is 10.1. The number of carboxylic acids is 1. The first-order chi connectivity index (χ1) is 8.36. The van der Waals surface area contributed by atoms with Crippen molar-refractivity contribution in [3.63, 3.8) is 0 Å². The highest BCUT2D eigenvalue weighted by molar-refractivity contribution is 14.1. The van der Waals surface area contributed by atoms with Gasteiger partial charge >= 0.3 is 5.97 Å². The van der Waals surface area contributed by atoms with Crippen molar-refractivity contribution >= 4 is 38.6 Å². The first kappa shape index (κ1) is 15.3. The van der Waals surface area contributed by atoms with E-state index in [0.717, 1.165) is 3.57 Å². The predicted molar refractivity (Wildman–Crippen MR) is 74.5 cm³/mol. The number of nitrogens with two attached hydrogens (primary N) is 1. The molecule has 8 heteroatoms. The molecule has 1 atom stereocenters. The predicted octanol–water partition coefficient (Wildman–Crippen LogP) is 0.229. The second-order valence-corrected chi connectivity index (χ2v) is 6.59. The molecule has 0 amide bonds. The van der Waals surface area contributed by atoms with E-state index in [2.05, 4.69) is 27.3 Å². The summed E-state index contributed by atoms with van der Waals surface area (Å²) in [5, 5.41) is 8.76. The standard InChI is InChI=1S/C10H13IN2O4S/c11-8-1-3-9(4-2-8)18(16,17)13-6-7(5-12)10(14)15/h1-4,7,13H,5-6,12H2,(H,14,15)/t7-/m1/s1. The summed E-state index contributed by atoms with van der Waals surface area (Å²) in [6.07, 6.45) is 0. The Bertz CT molecular complexity index is 515. The number of benzene rings is 1. The van der Waals surface area contributed by atoms with Gasteiger partial charge in [0, 0.05) is 16.7 Å². The Hall–Kier alpha value is -0.710. The molecule has 18 heavy (non-hydrogen) atoms. The number of aliphatic carboxylic acids is 1. The Morgan fingerprint density at radius 2 is 1.94 bits per heavy atom. The summed E-state index contributed by atoms with van der Waals surface area (Å²) in [7, 11) is -3.69. The zero-order valence-corrected chi connectivity index (χ0v) is 12.3. The third-order valence-electron chi connectivity index (χ3n) is 2.28. The minimum atomic E-state index is -3.69. The molecular formula is C10H13IN2O4S. The Balaban J connectivity index is 2.76. The largest absolute Gasteiger partial charge is 0.481 e. The molecule has 6 nitrogen and oxygen atoms in total. The highest BCUT2D eigenvalue weighted by Crippen LogP contribution is 2.12. The minimum Gasteiger partial charge on any atom is -0.481 e. The summed E-state index contributed by atoms with van der Waals surface area (Å²) in [4.78, 5) is 10.8. The van der Waals surface area contributed by atoms with E-state index in [1.165, 1.54) is 12.1 Å². The number of hydrogen-bond acceptors (Lipinski definition) is 4. The maximum absolute atomic E-state index is 11.8. The van der Waals surface area contributed by atoms with Gasteiger partial charge in [-0.2, -0.15) is 0 Å². The highest BCUT2D eigenvalue weighted by atomic mass is 127. The third-order valence-corrected chi connectivity index (χ3v) is 4.44. The second-order valence-electron chi connectivity index (χ2n) is 3.58. The minimum absolute atomic E-state index is 0.101. The fourth-order valence-corrected chi connectivity index (χ4v) is 2.62. The summed E-state index contributed by atoms with van der Waals surface area (Å²) < 4.78 is 26.8. The van der Waals surface area contributed by atoms with Crippen molar-refractivity contribution in [1.82, 2.24) is 4.72 Å². The molecule has 1 rings (SSSR count). The van der Waals surface area contributed by atoms with Gasteiger partial charge in [0.05, 0.1) is 10.8 Å². The number of carbonyl (C=O) groups is 1. The number of nitrogens with one attached hydrogen (secondary N) is 1. The maximum atomic E-state index is 11.8. The lowest BCUT2D eigenvalue weighted by Gasteiger charge is -2.11.